The third-order valence-electron chi connectivity index (χ3n) is 5.16. The van der Waals surface area contributed by atoms with Crippen molar-refractivity contribution in [2.24, 2.45) is 0 Å². The van der Waals surface area contributed by atoms with Crippen molar-refractivity contribution in [1.82, 2.24) is 0 Å². The summed E-state index contributed by atoms with van der Waals surface area (Å²) in [7, 11) is 0. The van der Waals surface area contributed by atoms with Gasteiger partial charge in [-0.05, 0) is 6.42 Å². The highest BCUT2D eigenvalue weighted by Crippen LogP contribution is 2.14. The van der Waals surface area contributed by atoms with Gasteiger partial charge in [0, 0.05) is 0 Å². The molecule has 2 nitrogen and oxygen atoms in total. The van der Waals surface area contributed by atoms with Crippen molar-refractivity contribution in [3.05, 3.63) is 0 Å². The van der Waals surface area contributed by atoms with Gasteiger partial charge in [0.2, 0.25) is 0 Å². The molecule has 25 heavy (non-hydrogen) atoms. The molecule has 0 aromatic carbocycles. The predicted molar refractivity (Wildman–Crippen MR) is 110 cm³/mol. The lowest BCUT2D eigenvalue weighted by atomic mass is 10.0. The fourth-order valence-corrected chi connectivity index (χ4v) is 3.47. The molecule has 0 spiro atoms. The van der Waals surface area contributed by atoms with E-state index in [-0.39, 0.29) is 0 Å². The number of rotatable bonds is 22. The quantitative estimate of drug-likeness (QED) is 0.185. The molecule has 0 rings (SSSR count). The molecule has 0 aliphatic carbocycles. The lowest BCUT2D eigenvalue weighted by Crippen LogP contribution is -1.91. The summed E-state index contributed by atoms with van der Waals surface area (Å²) in [5.41, 5.74) is 0. The largest absolute Gasteiger partial charge is 0.457 e. The zero-order valence-corrected chi connectivity index (χ0v) is 17.2. The van der Waals surface area contributed by atoms with Gasteiger partial charge in [0.25, 0.3) is 0 Å². The maximum Gasteiger partial charge on any atom is 0.417 e. The second-order valence-corrected chi connectivity index (χ2v) is 7.65. The summed E-state index contributed by atoms with van der Waals surface area (Å²) in [5, 5.41) is 0. The molecule has 0 fully saturated rings. The van der Waals surface area contributed by atoms with Gasteiger partial charge in [0.1, 0.15) is 0 Å². The molecule has 0 aromatic rings. The molecule has 0 amide bonds. The van der Waals surface area contributed by atoms with Gasteiger partial charge < -0.3 is 4.74 Å². The lowest BCUT2D eigenvalue weighted by molar-refractivity contribution is 0.268. The normalized spacial score (nSPS) is 10.9. The first-order chi connectivity index (χ1) is 12.4. The maximum absolute atomic E-state index is 9.86. The molecule has 0 bridgehead atoms. The van der Waals surface area contributed by atoms with Crippen LogP contribution in [0.3, 0.4) is 0 Å². The van der Waals surface area contributed by atoms with Crippen molar-refractivity contribution in [2.75, 3.05) is 6.61 Å². The van der Waals surface area contributed by atoms with E-state index < -0.39 is 0 Å². The Labute approximate surface area is 158 Å². The summed E-state index contributed by atoms with van der Waals surface area (Å²) in [4.78, 5) is 9.86. The van der Waals surface area contributed by atoms with Crippen molar-refractivity contribution < 1.29 is 9.53 Å². The molecule has 2 heteroatoms. The minimum absolute atomic E-state index is 0.544. The Bertz CT molecular complexity index is 240. The molecule has 149 valence electrons. The molecule has 0 N–H and O–H groups in total. The Morgan fingerprint density at radius 1 is 0.480 bits per heavy atom. The van der Waals surface area contributed by atoms with Gasteiger partial charge in [-0.15, -0.1) is 0 Å². The van der Waals surface area contributed by atoms with Gasteiger partial charge in [-0.2, -0.15) is 0 Å². The van der Waals surface area contributed by atoms with Crippen LogP contribution in [0.15, 0.2) is 0 Å². The van der Waals surface area contributed by atoms with Crippen LogP contribution in [0, 0.1) is 0 Å². The van der Waals surface area contributed by atoms with Crippen LogP contribution in [0.5, 0.6) is 0 Å². The van der Waals surface area contributed by atoms with E-state index in [0.29, 0.717) is 6.61 Å². The van der Waals surface area contributed by atoms with Crippen LogP contribution in [0.2, 0.25) is 0 Å². The molecule has 0 aliphatic rings. The van der Waals surface area contributed by atoms with Crippen LogP contribution in [0.1, 0.15) is 135 Å². The molecular formula is C23H45O2. The van der Waals surface area contributed by atoms with E-state index in [1.54, 1.807) is 0 Å². The Morgan fingerprint density at radius 3 is 1.04 bits per heavy atom. The number of carbonyl (C=O) groups excluding carboxylic acids is 1. The summed E-state index contributed by atoms with van der Waals surface area (Å²) in [5.74, 6) is 0. The van der Waals surface area contributed by atoms with E-state index in [0.717, 1.165) is 6.42 Å². The van der Waals surface area contributed by atoms with E-state index >= 15 is 0 Å². The second-order valence-electron chi connectivity index (χ2n) is 7.65. The summed E-state index contributed by atoms with van der Waals surface area (Å²) in [6, 6.07) is 0. The van der Waals surface area contributed by atoms with Crippen LogP contribution in [0.25, 0.3) is 0 Å². The molecule has 0 aliphatic heterocycles. The fourth-order valence-electron chi connectivity index (χ4n) is 3.47. The topological polar surface area (TPSA) is 26.3 Å². The van der Waals surface area contributed by atoms with Crippen molar-refractivity contribution in [3.63, 3.8) is 0 Å². The van der Waals surface area contributed by atoms with E-state index in [4.69, 9.17) is 0 Å². The molecule has 0 heterocycles. The van der Waals surface area contributed by atoms with Crippen molar-refractivity contribution >= 4 is 6.47 Å². The monoisotopic (exact) mass is 353 g/mol. The molecule has 1 radical (unpaired) electrons. The molecule has 0 saturated carbocycles. The number of ether oxygens (including phenoxy) is 1. The Balaban J connectivity index is 2.95. The van der Waals surface area contributed by atoms with E-state index in [1.165, 1.54) is 128 Å². The highest BCUT2D eigenvalue weighted by Gasteiger charge is 1.95. The first-order valence-corrected chi connectivity index (χ1v) is 11.4. The Morgan fingerprint density at radius 2 is 0.760 bits per heavy atom. The highest BCUT2D eigenvalue weighted by molar-refractivity contribution is 5.37. The Hall–Kier alpha value is -0.530. The van der Waals surface area contributed by atoms with Crippen molar-refractivity contribution in [1.29, 1.82) is 0 Å². The summed E-state index contributed by atoms with van der Waals surface area (Å²) in [6.45, 7) is 4.31. The minimum Gasteiger partial charge on any atom is -0.457 e. The standard InChI is InChI=1S/C23H45O2/c1-2-3-4-5-6-7-8-9-10-11-12-13-14-15-16-17-18-19-20-21-22-25-23-24/h2-22H2,1H3. The molecule has 0 aromatic heterocycles. The van der Waals surface area contributed by atoms with E-state index in [9.17, 15) is 4.79 Å². The summed E-state index contributed by atoms with van der Waals surface area (Å²) >= 11 is 0. The smallest absolute Gasteiger partial charge is 0.417 e. The lowest BCUT2D eigenvalue weighted by Gasteiger charge is -2.04. The third kappa shape index (κ3) is 23.5. The number of hydrogen-bond donors (Lipinski definition) is 0. The number of hydrogen-bond acceptors (Lipinski definition) is 2. The van der Waals surface area contributed by atoms with Gasteiger partial charge in [-0.25, -0.2) is 4.79 Å². The van der Waals surface area contributed by atoms with Crippen LogP contribution in [-0.2, 0) is 9.53 Å². The van der Waals surface area contributed by atoms with E-state index in [1.807, 2.05) is 0 Å². The minimum atomic E-state index is 0.544. The van der Waals surface area contributed by atoms with Crippen LogP contribution < -0.4 is 0 Å². The van der Waals surface area contributed by atoms with Gasteiger partial charge in [0.15, 0.2) is 0 Å². The van der Waals surface area contributed by atoms with Crippen LogP contribution in [0.4, 0.5) is 0 Å². The molecule has 0 unspecified atom stereocenters. The van der Waals surface area contributed by atoms with Gasteiger partial charge >= 0.3 is 6.47 Å². The maximum atomic E-state index is 9.86. The zero-order chi connectivity index (χ0) is 18.3. The van der Waals surface area contributed by atoms with Gasteiger partial charge in [0.05, 0.1) is 6.61 Å². The first kappa shape index (κ1) is 24.5. The van der Waals surface area contributed by atoms with Crippen LogP contribution in [-0.4, -0.2) is 13.1 Å². The van der Waals surface area contributed by atoms with Crippen molar-refractivity contribution in [3.8, 4) is 0 Å². The van der Waals surface area contributed by atoms with Gasteiger partial charge in [-0.3, -0.25) is 0 Å². The highest BCUT2D eigenvalue weighted by atomic mass is 16.5. The Kier molecular flexibility index (Phi) is 23.0. The average Bonchev–Trinajstić information content (AvgIpc) is 2.63. The molecule has 0 saturated heterocycles. The van der Waals surface area contributed by atoms with Crippen molar-refractivity contribution in [2.45, 2.75) is 135 Å². The zero-order valence-electron chi connectivity index (χ0n) is 17.2. The summed E-state index contributed by atoms with van der Waals surface area (Å²) in [6.07, 6.45) is 27.8. The van der Waals surface area contributed by atoms with Crippen LogP contribution >= 0.6 is 0 Å². The summed E-state index contributed by atoms with van der Waals surface area (Å²) < 4.78 is 4.56. The van der Waals surface area contributed by atoms with E-state index in [2.05, 4.69) is 11.7 Å². The molecular weight excluding hydrogens is 308 g/mol. The molecule has 0 atom stereocenters. The fraction of sp³-hybridized carbons (Fsp3) is 0.957. The SMILES string of the molecule is CCCCCCCCCCCCCCCCCCCCCCO[C]=O. The third-order valence-corrected chi connectivity index (χ3v) is 5.16. The van der Waals surface area contributed by atoms with Gasteiger partial charge in [-0.1, -0.05) is 129 Å². The first-order valence-electron chi connectivity index (χ1n) is 11.4. The number of unbranched alkanes of at least 4 members (excludes halogenated alkanes) is 19. The average molecular weight is 354 g/mol. The second kappa shape index (κ2) is 23.5. The predicted octanol–water partition coefficient (Wildman–Crippen LogP) is 7.89.